The predicted molar refractivity (Wildman–Crippen MR) is 111 cm³/mol. The van der Waals surface area contributed by atoms with Crippen LogP contribution in [0.3, 0.4) is 0 Å². The summed E-state index contributed by atoms with van der Waals surface area (Å²) in [6.45, 7) is 4.61. The zero-order valence-electron chi connectivity index (χ0n) is 16.4. The standard InChI is InChI=1S/C20H22B2N2O5/c1-11(23-19(25)13-3-5-15-9-28-21-17(15)7-13)12(2)24-20(26)14-4-6-16-10-29-22(27)18(16)8-14/h3-8,11-12,21,27H,9-10H2,1-2H3,(H,23,25)(H,24,26). The van der Waals surface area contributed by atoms with Gasteiger partial charge in [0.05, 0.1) is 13.2 Å². The van der Waals surface area contributed by atoms with Crippen LogP contribution in [0.2, 0.25) is 0 Å². The Balaban J connectivity index is 1.37. The average Bonchev–Trinajstić information content (AvgIpc) is 3.33. The Kier molecular flexibility index (Phi) is 5.45. The number of nitrogens with one attached hydrogen (secondary N) is 2. The van der Waals surface area contributed by atoms with Crippen LogP contribution in [-0.2, 0) is 22.5 Å². The largest absolute Gasteiger partial charge is 0.491 e. The normalized spacial score (nSPS) is 16.4. The lowest BCUT2D eigenvalue weighted by atomic mass is 9.79. The van der Waals surface area contributed by atoms with Crippen LogP contribution in [0, 0.1) is 0 Å². The molecule has 2 aliphatic heterocycles. The van der Waals surface area contributed by atoms with Crippen molar-refractivity contribution in [2.45, 2.75) is 39.1 Å². The summed E-state index contributed by atoms with van der Waals surface area (Å²) in [5.41, 5.74) is 4.66. The molecule has 29 heavy (non-hydrogen) atoms. The second-order valence-corrected chi connectivity index (χ2v) is 7.58. The quantitative estimate of drug-likeness (QED) is 0.588. The maximum atomic E-state index is 12.6. The molecule has 2 aromatic rings. The third kappa shape index (κ3) is 4.07. The Bertz CT molecular complexity index is 968. The van der Waals surface area contributed by atoms with Crippen LogP contribution in [0.15, 0.2) is 36.4 Å². The average molecular weight is 392 g/mol. The highest BCUT2D eigenvalue weighted by Gasteiger charge is 2.28. The molecule has 9 heteroatoms. The van der Waals surface area contributed by atoms with Crippen molar-refractivity contribution in [3.8, 4) is 0 Å². The lowest BCUT2D eigenvalue weighted by molar-refractivity contribution is 0.0892. The molecule has 7 nitrogen and oxygen atoms in total. The predicted octanol–water partition coefficient (Wildman–Crippen LogP) is -0.652. The van der Waals surface area contributed by atoms with Gasteiger partial charge in [-0.05, 0) is 54.1 Å². The first-order chi connectivity index (χ1) is 13.9. The van der Waals surface area contributed by atoms with Crippen LogP contribution >= 0.6 is 0 Å². The number of carbonyl (C=O) groups excluding carboxylic acids is 2. The number of fused-ring (bicyclic) bond motifs is 2. The van der Waals surface area contributed by atoms with Gasteiger partial charge in [0.2, 0.25) is 0 Å². The van der Waals surface area contributed by atoms with Crippen molar-refractivity contribution in [3.05, 3.63) is 58.7 Å². The van der Waals surface area contributed by atoms with E-state index in [1.54, 1.807) is 24.3 Å². The second-order valence-electron chi connectivity index (χ2n) is 7.58. The fourth-order valence-corrected chi connectivity index (χ4v) is 3.50. The summed E-state index contributed by atoms with van der Waals surface area (Å²) in [6, 6.07) is 10.1. The van der Waals surface area contributed by atoms with E-state index in [0.29, 0.717) is 37.3 Å². The number of amides is 2. The summed E-state index contributed by atoms with van der Waals surface area (Å²) in [5.74, 6) is -0.457. The van der Waals surface area contributed by atoms with E-state index in [1.807, 2.05) is 26.0 Å². The highest BCUT2D eigenvalue weighted by molar-refractivity contribution is 6.61. The van der Waals surface area contributed by atoms with Crippen molar-refractivity contribution in [1.82, 2.24) is 10.6 Å². The molecular formula is C20H22B2N2O5. The summed E-state index contributed by atoms with van der Waals surface area (Å²) in [7, 11) is -0.468. The first kappa shape index (κ1) is 19.7. The molecule has 0 radical (unpaired) electrons. The molecular weight excluding hydrogens is 370 g/mol. The molecule has 2 unspecified atom stereocenters. The molecule has 2 amide bonds. The molecule has 2 aliphatic rings. The van der Waals surface area contributed by atoms with E-state index < -0.39 is 7.12 Å². The highest BCUT2D eigenvalue weighted by Crippen LogP contribution is 2.12. The van der Waals surface area contributed by atoms with Crippen LogP contribution < -0.4 is 21.6 Å². The maximum Gasteiger partial charge on any atom is 0.491 e. The summed E-state index contributed by atoms with van der Waals surface area (Å²) in [6.07, 6.45) is 0. The number of rotatable bonds is 5. The SMILES string of the molecule is CC(NC(=O)c1ccc2c(c1)BOC2)C(C)NC(=O)c1ccc2c(c1)B(O)OC2. The van der Waals surface area contributed by atoms with Gasteiger partial charge in [-0.25, -0.2) is 0 Å². The summed E-state index contributed by atoms with van der Waals surface area (Å²) in [5, 5.41) is 15.7. The van der Waals surface area contributed by atoms with E-state index in [-0.39, 0.29) is 23.9 Å². The first-order valence-corrected chi connectivity index (χ1v) is 9.66. The lowest BCUT2D eigenvalue weighted by Gasteiger charge is -2.23. The lowest BCUT2D eigenvalue weighted by Crippen LogP contribution is -2.48. The van der Waals surface area contributed by atoms with Gasteiger partial charge in [0.15, 0.2) is 0 Å². The summed E-state index contributed by atoms with van der Waals surface area (Å²) in [4.78, 5) is 25.2. The molecule has 2 aromatic carbocycles. The number of benzene rings is 2. The fraction of sp³-hybridized carbons (Fsp3) is 0.300. The van der Waals surface area contributed by atoms with Gasteiger partial charge < -0.3 is 25.0 Å². The molecule has 2 heterocycles. The second kappa shape index (κ2) is 8.02. The smallest absolute Gasteiger partial charge is 0.430 e. The van der Waals surface area contributed by atoms with E-state index in [0.717, 1.165) is 16.6 Å². The van der Waals surface area contributed by atoms with Gasteiger partial charge in [0.25, 0.3) is 11.8 Å². The van der Waals surface area contributed by atoms with Gasteiger partial charge in [-0.3, -0.25) is 9.59 Å². The van der Waals surface area contributed by atoms with Crippen molar-refractivity contribution >= 4 is 37.3 Å². The van der Waals surface area contributed by atoms with Gasteiger partial charge in [-0.1, -0.05) is 18.2 Å². The maximum absolute atomic E-state index is 12.6. The third-order valence-corrected chi connectivity index (χ3v) is 5.52. The van der Waals surface area contributed by atoms with E-state index in [9.17, 15) is 14.6 Å². The number of hydrogen-bond donors (Lipinski definition) is 3. The molecule has 148 valence electrons. The van der Waals surface area contributed by atoms with Gasteiger partial charge in [-0.15, -0.1) is 0 Å². The minimum Gasteiger partial charge on any atom is -0.430 e. The zero-order chi connectivity index (χ0) is 20.5. The fourth-order valence-electron chi connectivity index (χ4n) is 3.50. The Morgan fingerprint density at radius 3 is 2.31 bits per heavy atom. The Hall–Kier alpha value is -2.61. The van der Waals surface area contributed by atoms with Crippen LogP contribution in [-0.4, -0.2) is 43.5 Å². The van der Waals surface area contributed by atoms with Crippen molar-refractivity contribution in [2.24, 2.45) is 0 Å². The third-order valence-electron chi connectivity index (χ3n) is 5.52. The molecule has 0 aromatic heterocycles. The minimum atomic E-state index is -0.994. The van der Waals surface area contributed by atoms with Gasteiger partial charge in [-0.2, -0.15) is 0 Å². The van der Waals surface area contributed by atoms with Crippen molar-refractivity contribution in [2.75, 3.05) is 0 Å². The Morgan fingerprint density at radius 2 is 1.62 bits per heavy atom. The van der Waals surface area contributed by atoms with Crippen molar-refractivity contribution in [3.63, 3.8) is 0 Å². The molecule has 0 saturated carbocycles. The van der Waals surface area contributed by atoms with E-state index in [4.69, 9.17) is 9.31 Å². The van der Waals surface area contributed by atoms with E-state index in [1.165, 1.54) is 0 Å². The Morgan fingerprint density at radius 1 is 1.00 bits per heavy atom. The summed E-state index contributed by atoms with van der Waals surface area (Å²) >= 11 is 0. The van der Waals surface area contributed by atoms with Crippen LogP contribution in [0.5, 0.6) is 0 Å². The van der Waals surface area contributed by atoms with Gasteiger partial charge in [0, 0.05) is 23.2 Å². The van der Waals surface area contributed by atoms with Crippen LogP contribution in [0.1, 0.15) is 45.7 Å². The molecule has 0 spiro atoms. The van der Waals surface area contributed by atoms with Gasteiger partial charge in [0.1, 0.15) is 0 Å². The molecule has 0 fully saturated rings. The monoisotopic (exact) mass is 392 g/mol. The van der Waals surface area contributed by atoms with Crippen molar-refractivity contribution < 1.29 is 23.9 Å². The molecule has 3 N–H and O–H groups in total. The molecule has 2 atom stereocenters. The highest BCUT2D eigenvalue weighted by atomic mass is 16.5. The van der Waals surface area contributed by atoms with E-state index in [2.05, 4.69) is 10.6 Å². The number of hydrogen-bond acceptors (Lipinski definition) is 5. The topological polar surface area (TPSA) is 96.9 Å². The van der Waals surface area contributed by atoms with E-state index >= 15 is 0 Å². The number of carbonyl (C=O) groups is 2. The molecule has 0 bridgehead atoms. The van der Waals surface area contributed by atoms with Crippen molar-refractivity contribution in [1.29, 1.82) is 0 Å². The molecule has 0 saturated heterocycles. The minimum absolute atomic E-state index is 0.189. The first-order valence-electron chi connectivity index (χ1n) is 9.66. The Labute approximate surface area is 170 Å². The van der Waals surface area contributed by atoms with Gasteiger partial charge >= 0.3 is 14.6 Å². The molecule has 4 rings (SSSR count). The molecule has 0 aliphatic carbocycles. The zero-order valence-corrected chi connectivity index (χ0v) is 16.4. The van der Waals surface area contributed by atoms with Crippen LogP contribution in [0.25, 0.3) is 0 Å². The van der Waals surface area contributed by atoms with Crippen LogP contribution in [0.4, 0.5) is 0 Å². The summed E-state index contributed by atoms with van der Waals surface area (Å²) < 4.78 is 10.5.